The molecule has 0 heterocycles. The Bertz CT molecular complexity index is 255. The topological polar surface area (TPSA) is 55.1 Å². The van der Waals surface area contributed by atoms with Gasteiger partial charge in [-0.05, 0) is 43.6 Å². The van der Waals surface area contributed by atoms with Gasteiger partial charge in [0.25, 0.3) is 0 Å². The highest BCUT2D eigenvalue weighted by molar-refractivity contribution is 5.78. The number of carbonyl (C=O) groups is 1. The minimum Gasteiger partial charge on any atom is -0.355 e. The van der Waals surface area contributed by atoms with Crippen molar-refractivity contribution in [2.24, 2.45) is 23.0 Å². The minimum atomic E-state index is 0.205. The molecule has 2 aliphatic carbocycles. The van der Waals surface area contributed by atoms with E-state index in [1.54, 1.807) is 0 Å². The normalized spacial score (nSPS) is 25.4. The van der Waals surface area contributed by atoms with E-state index in [4.69, 9.17) is 5.73 Å². The van der Waals surface area contributed by atoms with Crippen LogP contribution in [-0.2, 0) is 4.79 Å². The second kappa shape index (κ2) is 4.74. The fourth-order valence-corrected chi connectivity index (χ4v) is 2.82. The Morgan fingerprint density at radius 2 is 2.06 bits per heavy atom. The number of hydrogen-bond acceptors (Lipinski definition) is 2. The zero-order valence-electron chi connectivity index (χ0n) is 10.3. The first-order valence-electron chi connectivity index (χ1n) is 6.65. The van der Waals surface area contributed by atoms with E-state index in [9.17, 15) is 4.79 Å². The summed E-state index contributed by atoms with van der Waals surface area (Å²) in [7, 11) is 0. The molecule has 3 heteroatoms. The number of carbonyl (C=O) groups excluding carboxylic acids is 1. The Balaban J connectivity index is 1.78. The van der Waals surface area contributed by atoms with E-state index in [2.05, 4.69) is 12.2 Å². The molecule has 0 aromatic carbocycles. The van der Waals surface area contributed by atoms with Gasteiger partial charge in [-0.3, -0.25) is 4.79 Å². The number of hydrogen-bond donors (Lipinski definition) is 2. The smallest absolute Gasteiger partial charge is 0.223 e. The van der Waals surface area contributed by atoms with E-state index in [1.165, 1.54) is 38.5 Å². The molecule has 2 saturated carbocycles. The van der Waals surface area contributed by atoms with Gasteiger partial charge < -0.3 is 11.1 Å². The summed E-state index contributed by atoms with van der Waals surface area (Å²) in [6, 6.07) is 0. The van der Waals surface area contributed by atoms with Crippen LogP contribution >= 0.6 is 0 Å². The van der Waals surface area contributed by atoms with Crippen molar-refractivity contribution in [3.8, 4) is 0 Å². The van der Waals surface area contributed by atoms with Gasteiger partial charge in [-0.2, -0.15) is 0 Å². The predicted molar refractivity (Wildman–Crippen MR) is 64.9 cm³/mol. The maximum absolute atomic E-state index is 11.9. The van der Waals surface area contributed by atoms with Crippen molar-refractivity contribution in [2.75, 3.05) is 13.1 Å². The lowest BCUT2D eigenvalue weighted by molar-refractivity contribution is -0.125. The summed E-state index contributed by atoms with van der Waals surface area (Å²) < 4.78 is 0. The van der Waals surface area contributed by atoms with E-state index in [-0.39, 0.29) is 17.2 Å². The van der Waals surface area contributed by atoms with Crippen LogP contribution in [0.25, 0.3) is 0 Å². The van der Waals surface area contributed by atoms with Crippen LogP contribution in [0.2, 0.25) is 0 Å². The van der Waals surface area contributed by atoms with Gasteiger partial charge in [0.2, 0.25) is 5.91 Å². The summed E-state index contributed by atoms with van der Waals surface area (Å²) in [4.78, 5) is 11.9. The van der Waals surface area contributed by atoms with Gasteiger partial charge in [0.05, 0.1) is 0 Å². The average Bonchev–Trinajstić information content (AvgIpc) is 3.05. The maximum atomic E-state index is 11.9. The van der Waals surface area contributed by atoms with Gasteiger partial charge in [0, 0.05) is 12.5 Å². The molecule has 0 aliphatic heterocycles. The van der Waals surface area contributed by atoms with Gasteiger partial charge in [-0.1, -0.05) is 19.8 Å². The molecule has 0 saturated heterocycles. The predicted octanol–water partition coefficient (Wildman–Crippen LogP) is 1.67. The second-order valence-electron chi connectivity index (χ2n) is 5.76. The first-order valence-corrected chi connectivity index (χ1v) is 6.65. The van der Waals surface area contributed by atoms with Crippen molar-refractivity contribution < 1.29 is 4.79 Å². The van der Waals surface area contributed by atoms with Crippen LogP contribution in [0.3, 0.4) is 0 Å². The van der Waals surface area contributed by atoms with Crippen molar-refractivity contribution in [1.82, 2.24) is 5.32 Å². The molecule has 0 spiro atoms. The Morgan fingerprint density at radius 1 is 1.44 bits per heavy atom. The monoisotopic (exact) mass is 224 g/mol. The SMILES string of the molecule is CC(C(=O)NCC1(CN)CCCC1)C1CC1. The zero-order chi connectivity index (χ0) is 11.6. The van der Waals surface area contributed by atoms with Crippen LogP contribution < -0.4 is 11.1 Å². The summed E-state index contributed by atoms with van der Waals surface area (Å²) in [6.07, 6.45) is 7.37. The largest absolute Gasteiger partial charge is 0.355 e. The van der Waals surface area contributed by atoms with Crippen LogP contribution in [0.1, 0.15) is 45.4 Å². The molecule has 1 amide bonds. The van der Waals surface area contributed by atoms with Gasteiger partial charge in [0.15, 0.2) is 0 Å². The molecule has 0 bridgehead atoms. The highest BCUT2D eigenvalue weighted by Gasteiger charge is 2.36. The molecule has 2 aliphatic rings. The van der Waals surface area contributed by atoms with Crippen molar-refractivity contribution in [2.45, 2.75) is 45.4 Å². The fourth-order valence-electron chi connectivity index (χ4n) is 2.82. The van der Waals surface area contributed by atoms with E-state index in [0.717, 1.165) is 6.54 Å². The average molecular weight is 224 g/mol. The molecule has 0 radical (unpaired) electrons. The van der Waals surface area contributed by atoms with Crippen molar-refractivity contribution in [3.63, 3.8) is 0 Å². The summed E-state index contributed by atoms with van der Waals surface area (Å²) >= 11 is 0. The highest BCUT2D eigenvalue weighted by Crippen LogP contribution is 2.38. The second-order valence-corrected chi connectivity index (χ2v) is 5.76. The molecule has 3 nitrogen and oxygen atoms in total. The van der Waals surface area contributed by atoms with Crippen molar-refractivity contribution >= 4 is 5.91 Å². The molecule has 92 valence electrons. The third-order valence-corrected chi connectivity index (χ3v) is 4.48. The first-order chi connectivity index (χ1) is 7.67. The van der Waals surface area contributed by atoms with Crippen LogP contribution in [0.5, 0.6) is 0 Å². The van der Waals surface area contributed by atoms with Gasteiger partial charge in [-0.15, -0.1) is 0 Å². The lowest BCUT2D eigenvalue weighted by Crippen LogP contribution is -2.42. The number of amides is 1. The molecule has 3 N–H and O–H groups in total. The Kier molecular flexibility index (Phi) is 3.53. The first kappa shape index (κ1) is 11.9. The number of rotatable bonds is 5. The lowest BCUT2D eigenvalue weighted by atomic mass is 9.86. The van der Waals surface area contributed by atoms with Crippen LogP contribution in [0, 0.1) is 17.3 Å². The molecule has 0 aromatic rings. The Hall–Kier alpha value is -0.570. The fraction of sp³-hybridized carbons (Fsp3) is 0.923. The van der Waals surface area contributed by atoms with Crippen molar-refractivity contribution in [3.05, 3.63) is 0 Å². The Morgan fingerprint density at radius 3 is 2.56 bits per heavy atom. The Labute approximate surface area is 98.2 Å². The number of nitrogens with two attached hydrogens (primary N) is 1. The molecule has 16 heavy (non-hydrogen) atoms. The lowest BCUT2D eigenvalue weighted by Gasteiger charge is -2.28. The molecular formula is C13H24N2O. The molecular weight excluding hydrogens is 200 g/mol. The number of nitrogens with one attached hydrogen (secondary N) is 1. The zero-order valence-corrected chi connectivity index (χ0v) is 10.3. The van der Waals surface area contributed by atoms with Crippen molar-refractivity contribution in [1.29, 1.82) is 0 Å². The molecule has 2 rings (SSSR count). The standard InChI is InChI=1S/C13H24N2O/c1-10(11-4-5-11)12(16)15-9-13(8-14)6-2-3-7-13/h10-11H,2-9,14H2,1H3,(H,15,16). The van der Waals surface area contributed by atoms with E-state index in [0.29, 0.717) is 12.5 Å². The van der Waals surface area contributed by atoms with Gasteiger partial charge in [0.1, 0.15) is 0 Å². The van der Waals surface area contributed by atoms with Crippen LogP contribution in [0.15, 0.2) is 0 Å². The quantitative estimate of drug-likeness (QED) is 0.746. The summed E-state index contributed by atoms with van der Waals surface area (Å²) in [5.74, 6) is 1.09. The molecule has 2 fully saturated rings. The summed E-state index contributed by atoms with van der Waals surface area (Å²) in [5.41, 5.74) is 6.06. The third kappa shape index (κ3) is 2.57. The maximum Gasteiger partial charge on any atom is 0.223 e. The molecule has 0 aromatic heterocycles. The van der Waals surface area contributed by atoms with Crippen LogP contribution in [0.4, 0.5) is 0 Å². The highest BCUT2D eigenvalue weighted by atomic mass is 16.1. The van der Waals surface area contributed by atoms with E-state index >= 15 is 0 Å². The van der Waals surface area contributed by atoms with E-state index in [1.807, 2.05) is 0 Å². The van der Waals surface area contributed by atoms with Crippen LogP contribution in [-0.4, -0.2) is 19.0 Å². The van der Waals surface area contributed by atoms with Gasteiger partial charge >= 0.3 is 0 Å². The summed E-state index contributed by atoms with van der Waals surface area (Å²) in [6.45, 7) is 3.56. The summed E-state index contributed by atoms with van der Waals surface area (Å²) in [5, 5.41) is 3.12. The minimum absolute atomic E-state index is 0.205. The van der Waals surface area contributed by atoms with Gasteiger partial charge in [-0.25, -0.2) is 0 Å². The third-order valence-electron chi connectivity index (χ3n) is 4.48. The molecule has 1 unspecified atom stereocenters. The van der Waals surface area contributed by atoms with E-state index < -0.39 is 0 Å². The molecule has 1 atom stereocenters.